The number of nitrogens with one attached hydrogen (secondary N) is 2. The van der Waals surface area contributed by atoms with Gasteiger partial charge < -0.3 is 10.6 Å². The van der Waals surface area contributed by atoms with Crippen molar-refractivity contribution in [2.45, 2.75) is 43.8 Å². The molecule has 0 bridgehead atoms. The van der Waals surface area contributed by atoms with Crippen molar-refractivity contribution in [1.29, 1.82) is 0 Å². The zero-order valence-electron chi connectivity index (χ0n) is 13.2. The Bertz CT molecular complexity index is 725. The zero-order valence-corrected chi connectivity index (χ0v) is 14.0. The predicted octanol–water partition coefficient (Wildman–Crippen LogP) is 3.95. The third-order valence-electron chi connectivity index (χ3n) is 4.90. The van der Waals surface area contributed by atoms with Gasteiger partial charge in [0.1, 0.15) is 5.82 Å². The van der Waals surface area contributed by atoms with Crippen molar-refractivity contribution in [3.05, 3.63) is 57.0 Å². The molecule has 2 N–H and O–H groups in total. The number of hydrogen-bond acceptors (Lipinski definition) is 3. The molecule has 128 valence electrons. The molecule has 4 rings (SSSR count). The molecule has 1 fully saturated rings. The number of rotatable bonds is 4. The summed E-state index contributed by atoms with van der Waals surface area (Å²) in [5, 5.41) is 6.57. The molecule has 1 saturated carbocycles. The van der Waals surface area contributed by atoms with Crippen LogP contribution >= 0.6 is 11.3 Å². The van der Waals surface area contributed by atoms with Gasteiger partial charge in [0, 0.05) is 47.8 Å². The molecular weight excluding hydrogens is 333 g/mol. The lowest BCUT2D eigenvalue weighted by Crippen LogP contribution is -2.58. The second-order valence-corrected chi connectivity index (χ2v) is 7.93. The van der Waals surface area contributed by atoms with E-state index in [1.165, 1.54) is 16.5 Å². The van der Waals surface area contributed by atoms with Crippen LogP contribution in [0.25, 0.3) is 0 Å². The Morgan fingerprint density at radius 1 is 1.21 bits per heavy atom. The van der Waals surface area contributed by atoms with Crippen LogP contribution in [0.15, 0.2) is 30.3 Å². The van der Waals surface area contributed by atoms with E-state index in [0.29, 0.717) is 12.1 Å². The van der Waals surface area contributed by atoms with Crippen molar-refractivity contribution < 1.29 is 13.2 Å². The molecule has 6 heteroatoms. The van der Waals surface area contributed by atoms with Gasteiger partial charge >= 0.3 is 0 Å². The first-order valence-electron chi connectivity index (χ1n) is 8.17. The van der Waals surface area contributed by atoms with Crippen molar-refractivity contribution in [3.63, 3.8) is 0 Å². The lowest BCUT2D eigenvalue weighted by atomic mass is 9.68. The van der Waals surface area contributed by atoms with Gasteiger partial charge in [0.25, 0.3) is 5.92 Å². The Labute approximate surface area is 143 Å². The number of hydrogen-bond donors (Lipinski definition) is 2. The second-order valence-electron chi connectivity index (χ2n) is 6.71. The predicted molar refractivity (Wildman–Crippen MR) is 88.8 cm³/mol. The average molecular weight is 352 g/mol. The van der Waals surface area contributed by atoms with Gasteiger partial charge in [-0.2, -0.15) is 0 Å². The molecule has 0 atom stereocenters. The average Bonchev–Trinajstić information content (AvgIpc) is 2.94. The van der Waals surface area contributed by atoms with Crippen molar-refractivity contribution >= 4 is 11.3 Å². The maximum atomic E-state index is 14.2. The lowest BCUT2D eigenvalue weighted by molar-refractivity contribution is -0.139. The Kier molecular flexibility index (Phi) is 3.94. The molecule has 2 heterocycles. The van der Waals surface area contributed by atoms with E-state index in [9.17, 15) is 13.2 Å². The summed E-state index contributed by atoms with van der Waals surface area (Å²) in [5.74, 6) is -3.15. The van der Waals surface area contributed by atoms with Crippen molar-refractivity contribution in [3.8, 4) is 0 Å². The van der Waals surface area contributed by atoms with Gasteiger partial charge in [-0.05, 0) is 24.1 Å². The first kappa shape index (κ1) is 16.1. The minimum atomic E-state index is -2.73. The molecule has 2 aromatic rings. The third-order valence-corrected chi connectivity index (χ3v) is 6.14. The monoisotopic (exact) mass is 352 g/mol. The molecule has 24 heavy (non-hydrogen) atoms. The van der Waals surface area contributed by atoms with E-state index in [1.807, 2.05) is 0 Å². The Hall–Kier alpha value is -1.37. The summed E-state index contributed by atoms with van der Waals surface area (Å²) in [6, 6.07) is 8.37. The smallest absolute Gasteiger partial charge is 0.252 e. The fourth-order valence-electron chi connectivity index (χ4n) is 3.75. The van der Waals surface area contributed by atoms with E-state index in [4.69, 9.17) is 0 Å². The zero-order chi connectivity index (χ0) is 16.8. The summed E-state index contributed by atoms with van der Waals surface area (Å²) < 4.78 is 41.4. The summed E-state index contributed by atoms with van der Waals surface area (Å²) >= 11 is 1.73. The van der Waals surface area contributed by atoms with Gasteiger partial charge in [-0.3, -0.25) is 0 Å². The van der Waals surface area contributed by atoms with Crippen LogP contribution in [-0.2, 0) is 25.0 Å². The third kappa shape index (κ3) is 2.87. The van der Waals surface area contributed by atoms with Gasteiger partial charge in [0.2, 0.25) is 0 Å². The van der Waals surface area contributed by atoms with Crippen LogP contribution in [-0.4, -0.2) is 12.5 Å². The molecule has 2 nitrogen and oxygen atoms in total. The maximum absolute atomic E-state index is 14.2. The van der Waals surface area contributed by atoms with E-state index in [2.05, 4.69) is 16.7 Å². The van der Waals surface area contributed by atoms with E-state index in [1.54, 1.807) is 29.5 Å². The summed E-state index contributed by atoms with van der Waals surface area (Å²) in [4.78, 5) is 2.49. The minimum absolute atomic E-state index is 0.346. The Balaban J connectivity index is 1.55. The molecule has 1 aromatic carbocycles. The highest BCUT2D eigenvalue weighted by Crippen LogP contribution is 2.52. The molecule has 0 amide bonds. The molecule has 0 radical (unpaired) electrons. The largest absolute Gasteiger partial charge is 0.312 e. The molecule has 1 aliphatic heterocycles. The number of halogens is 3. The Morgan fingerprint density at radius 3 is 2.71 bits per heavy atom. The summed E-state index contributed by atoms with van der Waals surface area (Å²) in [6.07, 6.45) is 0.303. The number of fused-ring (bicyclic) bond motifs is 1. The molecule has 0 unspecified atom stereocenters. The number of alkyl halides is 2. The van der Waals surface area contributed by atoms with Crippen LogP contribution in [0.2, 0.25) is 0 Å². The second kappa shape index (κ2) is 5.86. The van der Waals surface area contributed by atoms with Crippen LogP contribution in [0.1, 0.15) is 33.7 Å². The van der Waals surface area contributed by atoms with E-state index >= 15 is 0 Å². The van der Waals surface area contributed by atoms with Gasteiger partial charge in [-0.15, -0.1) is 11.3 Å². The van der Waals surface area contributed by atoms with Crippen LogP contribution in [0.3, 0.4) is 0 Å². The Morgan fingerprint density at radius 2 is 2.00 bits per heavy atom. The molecular formula is C18H19F3N2S. The van der Waals surface area contributed by atoms with E-state index in [-0.39, 0.29) is 12.8 Å². The normalized spacial score (nSPS) is 21.1. The first-order chi connectivity index (χ1) is 11.5. The van der Waals surface area contributed by atoms with Crippen molar-refractivity contribution in [2.24, 2.45) is 0 Å². The summed E-state index contributed by atoms with van der Waals surface area (Å²) in [7, 11) is 0. The number of thiophene rings is 1. The highest BCUT2D eigenvalue weighted by molar-refractivity contribution is 7.12. The SMILES string of the molecule is Fc1ccccc1C1(NCc2cc3c(s2)CCNC3)CC(F)(F)C1. The van der Waals surface area contributed by atoms with Gasteiger partial charge in [-0.25, -0.2) is 13.2 Å². The van der Waals surface area contributed by atoms with Crippen LogP contribution in [0.4, 0.5) is 13.2 Å². The summed E-state index contributed by atoms with van der Waals surface area (Å²) in [5.41, 5.74) is 0.665. The van der Waals surface area contributed by atoms with Gasteiger partial charge in [0.15, 0.2) is 0 Å². The molecule has 2 aliphatic rings. The van der Waals surface area contributed by atoms with Gasteiger partial charge in [-0.1, -0.05) is 18.2 Å². The highest BCUT2D eigenvalue weighted by atomic mass is 32.1. The van der Waals surface area contributed by atoms with Crippen LogP contribution in [0.5, 0.6) is 0 Å². The summed E-state index contributed by atoms with van der Waals surface area (Å²) in [6.45, 7) is 2.33. The van der Waals surface area contributed by atoms with E-state index < -0.39 is 17.3 Å². The first-order valence-corrected chi connectivity index (χ1v) is 8.98. The lowest BCUT2D eigenvalue weighted by Gasteiger charge is -2.48. The van der Waals surface area contributed by atoms with Gasteiger partial charge in [0.05, 0.1) is 5.54 Å². The van der Waals surface area contributed by atoms with Crippen molar-refractivity contribution in [2.75, 3.05) is 6.54 Å². The number of benzene rings is 1. The minimum Gasteiger partial charge on any atom is -0.312 e. The fourth-order valence-corrected chi connectivity index (χ4v) is 4.88. The molecule has 0 saturated heterocycles. The van der Waals surface area contributed by atoms with Crippen LogP contribution in [0, 0.1) is 5.82 Å². The highest BCUT2D eigenvalue weighted by Gasteiger charge is 2.58. The topological polar surface area (TPSA) is 24.1 Å². The van der Waals surface area contributed by atoms with Crippen molar-refractivity contribution in [1.82, 2.24) is 10.6 Å². The fraction of sp³-hybridized carbons (Fsp3) is 0.444. The maximum Gasteiger partial charge on any atom is 0.252 e. The quantitative estimate of drug-likeness (QED) is 0.871. The molecule has 0 spiro atoms. The standard InChI is InChI=1S/C18H19F3N2S/c19-15-4-2-1-3-14(15)17(10-18(20,21)11-17)23-9-13-7-12-8-22-6-5-16(12)24-13/h1-4,7,22-23H,5-6,8-11H2. The van der Waals surface area contributed by atoms with E-state index in [0.717, 1.165) is 24.4 Å². The van der Waals surface area contributed by atoms with Crippen LogP contribution < -0.4 is 10.6 Å². The molecule has 1 aromatic heterocycles. The molecule has 1 aliphatic carbocycles.